The number of carbonyl (C=O) groups excluding carboxylic acids is 5. The van der Waals surface area contributed by atoms with Gasteiger partial charge in [0.2, 0.25) is 23.6 Å². The fraction of sp³-hybridized carbons (Fsp3) is 0.393. The molecule has 2 aromatic rings. The van der Waals surface area contributed by atoms with Gasteiger partial charge in [0.25, 0.3) is 5.91 Å². The number of nitrogens with zero attached hydrogens (tertiary/aromatic N) is 1. The number of amides is 5. The quantitative estimate of drug-likeness (QED) is 0.335. The lowest BCUT2D eigenvalue weighted by Crippen LogP contribution is -2.50. The number of rotatable bonds is 8. The van der Waals surface area contributed by atoms with Crippen molar-refractivity contribution in [1.82, 2.24) is 20.9 Å². The molecular formula is C28H34FN5O7. The fourth-order valence-electron chi connectivity index (χ4n) is 4.04. The summed E-state index contributed by atoms with van der Waals surface area (Å²) in [5.74, 6) is -2.46. The molecule has 1 aliphatic heterocycles. The smallest absolute Gasteiger partial charge is 0.255 e. The number of primary amides is 1. The van der Waals surface area contributed by atoms with Gasteiger partial charge in [0.1, 0.15) is 42.6 Å². The zero-order chi connectivity index (χ0) is 29.8. The highest BCUT2D eigenvalue weighted by Gasteiger charge is 2.28. The van der Waals surface area contributed by atoms with Crippen molar-refractivity contribution in [3.8, 4) is 11.5 Å². The second kappa shape index (κ2) is 15.2. The summed E-state index contributed by atoms with van der Waals surface area (Å²) in [6, 6.07) is 9.74. The number of fused-ring (bicyclic) bond motifs is 1. The van der Waals surface area contributed by atoms with Crippen LogP contribution < -0.4 is 31.2 Å². The highest BCUT2D eigenvalue weighted by Crippen LogP contribution is 2.19. The predicted molar refractivity (Wildman–Crippen MR) is 145 cm³/mol. The zero-order valence-corrected chi connectivity index (χ0v) is 22.7. The van der Waals surface area contributed by atoms with E-state index in [9.17, 15) is 28.4 Å². The summed E-state index contributed by atoms with van der Waals surface area (Å²) in [6.07, 6.45) is -0.400. The number of halogens is 1. The van der Waals surface area contributed by atoms with Crippen molar-refractivity contribution in [3.63, 3.8) is 0 Å². The van der Waals surface area contributed by atoms with Gasteiger partial charge in [-0.2, -0.15) is 0 Å². The molecule has 12 nitrogen and oxygen atoms in total. The highest BCUT2D eigenvalue weighted by atomic mass is 19.1. The van der Waals surface area contributed by atoms with Crippen molar-refractivity contribution < 1.29 is 37.8 Å². The number of benzene rings is 2. The number of ether oxygens (including phenoxy) is 2. The average Bonchev–Trinajstić information content (AvgIpc) is 2.95. The third kappa shape index (κ3) is 9.78. The van der Waals surface area contributed by atoms with Crippen molar-refractivity contribution in [2.45, 2.75) is 37.8 Å². The van der Waals surface area contributed by atoms with Crippen molar-refractivity contribution in [2.24, 2.45) is 5.73 Å². The molecule has 0 aliphatic carbocycles. The van der Waals surface area contributed by atoms with Crippen LogP contribution in [0.15, 0.2) is 48.5 Å². The van der Waals surface area contributed by atoms with Gasteiger partial charge in [0.15, 0.2) is 0 Å². The lowest BCUT2D eigenvalue weighted by atomic mass is 10.1. The third-order valence-electron chi connectivity index (χ3n) is 6.27. The first kappa shape index (κ1) is 30.9. The number of likely N-dealkylation sites (N-methyl/N-ethyl adjacent to an activating group) is 1. The minimum absolute atomic E-state index is 0.00262. The summed E-state index contributed by atoms with van der Waals surface area (Å²) in [6.45, 7) is 0.334. The van der Waals surface area contributed by atoms with Gasteiger partial charge in [-0.15, -0.1) is 0 Å². The highest BCUT2D eigenvalue weighted by molar-refractivity contribution is 5.99. The van der Waals surface area contributed by atoms with Gasteiger partial charge in [-0.1, -0.05) is 12.1 Å². The van der Waals surface area contributed by atoms with Crippen LogP contribution in [0.4, 0.5) is 4.39 Å². The van der Waals surface area contributed by atoms with Gasteiger partial charge in [0, 0.05) is 19.9 Å². The topological polar surface area (TPSA) is 169 Å². The van der Waals surface area contributed by atoms with Crippen molar-refractivity contribution >= 4 is 29.5 Å². The number of carbonyl (C=O) groups is 5. The summed E-state index contributed by atoms with van der Waals surface area (Å²) in [7, 11) is 1.53. The Morgan fingerprint density at radius 1 is 1.12 bits per heavy atom. The van der Waals surface area contributed by atoms with E-state index < -0.39 is 47.4 Å². The van der Waals surface area contributed by atoms with Crippen LogP contribution in [0.3, 0.4) is 0 Å². The monoisotopic (exact) mass is 571 g/mol. The molecule has 5 N–H and O–H groups in total. The van der Waals surface area contributed by atoms with E-state index in [0.29, 0.717) is 5.75 Å². The molecule has 41 heavy (non-hydrogen) atoms. The van der Waals surface area contributed by atoms with Crippen LogP contribution in [-0.2, 0) is 19.2 Å². The average molecular weight is 572 g/mol. The first-order chi connectivity index (χ1) is 19.6. The van der Waals surface area contributed by atoms with Crippen molar-refractivity contribution in [2.75, 3.05) is 33.4 Å². The van der Waals surface area contributed by atoms with Crippen LogP contribution in [0.1, 0.15) is 36.0 Å². The normalized spacial score (nSPS) is 18.5. The molecule has 13 heteroatoms. The minimum atomic E-state index is -1.11. The molecule has 0 bridgehead atoms. The first-order valence-electron chi connectivity index (χ1n) is 13.2. The van der Waals surface area contributed by atoms with Crippen LogP contribution in [0.25, 0.3) is 0 Å². The van der Waals surface area contributed by atoms with Crippen LogP contribution in [0.5, 0.6) is 11.5 Å². The minimum Gasteiger partial charge on any atom is -0.492 e. The van der Waals surface area contributed by atoms with Crippen LogP contribution >= 0.6 is 0 Å². The second-order valence-electron chi connectivity index (χ2n) is 9.39. The van der Waals surface area contributed by atoms with E-state index in [4.69, 9.17) is 15.2 Å². The van der Waals surface area contributed by atoms with Gasteiger partial charge in [-0.25, -0.2) is 4.39 Å². The molecule has 2 aromatic carbocycles. The van der Waals surface area contributed by atoms with Gasteiger partial charge in [0.05, 0.1) is 18.7 Å². The lowest BCUT2D eigenvalue weighted by molar-refractivity contribution is -0.136. The fourth-order valence-corrected chi connectivity index (χ4v) is 4.04. The maximum absolute atomic E-state index is 13.2. The number of hydrogen-bond donors (Lipinski definition) is 4. The zero-order valence-electron chi connectivity index (χ0n) is 22.7. The van der Waals surface area contributed by atoms with Gasteiger partial charge < -0.3 is 36.1 Å². The Bertz CT molecular complexity index is 1240. The number of para-hydroxylation sites is 1. The second-order valence-corrected chi connectivity index (χ2v) is 9.39. The van der Waals surface area contributed by atoms with Gasteiger partial charge >= 0.3 is 0 Å². The number of nitrogens with one attached hydrogen (secondary N) is 3. The third-order valence-corrected chi connectivity index (χ3v) is 6.27. The van der Waals surface area contributed by atoms with E-state index in [-0.39, 0.29) is 63.3 Å². The largest absolute Gasteiger partial charge is 0.492 e. The van der Waals surface area contributed by atoms with Crippen LogP contribution in [-0.4, -0.2) is 79.9 Å². The van der Waals surface area contributed by atoms with E-state index in [1.165, 1.54) is 42.3 Å². The number of nitrogens with two attached hydrogens (primary N) is 1. The first-order valence-corrected chi connectivity index (χ1v) is 13.2. The summed E-state index contributed by atoms with van der Waals surface area (Å²) < 4.78 is 24.3. The van der Waals surface area contributed by atoms with E-state index >= 15 is 0 Å². The Morgan fingerprint density at radius 2 is 1.85 bits per heavy atom. The molecule has 0 unspecified atom stereocenters. The summed E-state index contributed by atoms with van der Waals surface area (Å²) in [5, 5.41) is 7.94. The SMILES string of the molecule is CN1CCOc2ccccc2C(=O)N[C@H](C(=O)NCCOc2ccc(F)cc2)CCC(=O)N[C@@H](CCC(N)=O)C1=O. The Balaban J connectivity index is 1.74. The molecule has 1 aliphatic rings. The predicted octanol–water partition coefficient (Wildman–Crippen LogP) is 0.501. The molecule has 2 atom stereocenters. The molecule has 220 valence electrons. The summed E-state index contributed by atoms with van der Waals surface area (Å²) in [5.41, 5.74) is 5.42. The van der Waals surface area contributed by atoms with E-state index in [0.717, 1.165) is 0 Å². The van der Waals surface area contributed by atoms with Crippen molar-refractivity contribution in [3.05, 3.63) is 59.9 Å². The maximum atomic E-state index is 13.2. The Kier molecular flexibility index (Phi) is 11.4. The molecule has 0 radical (unpaired) electrons. The molecule has 1 heterocycles. The van der Waals surface area contributed by atoms with Crippen LogP contribution in [0.2, 0.25) is 0 Å². The lowest BCUT2D eigenvalue weighted by Gasteiger charge is -2.24. The van der Waals surface area contributed by atoms with E-state index in [1.54, 1.807) is 18.2 Å². The molecule has 5 amide bonds. The maximum Gasteiger partial charge on any atom is 0.255 e. The van der Waals surface area contributed by atoms with Gasteiger partial charge in [-0.05, 0) is 49.2 Å². The molecule has 0 saturated carbocycles. The van der Waals surface area contributed by atoms with Gasteiger partial charge in [-0.3, -0.25) is 24.0 Å². The molecular weight excluding hydrogens is 537 g/mol. The van der Waals surface area contributed by atoms with E-state index in [1.807, 2.05) is 0 Å². The summed E-state index contributed by atoms with van der Waals surface area (Å²) >= 11 is 0. The molecule has 0 spiro atoms. The Hall–Kier alpha value is -4.68. The molecule has 0 aromatic heterocycles. The number of hydrogen-bond acceptors (Lipinski definition) is 7. The molecule has 0 fully saturated rings. The van der Waals surface area contributed by atoms with E-state index in [2.05, 4.69) is 16.0 Å². The van der Waals surface area contributed by atoms with Crippen LogP contribution in [0, 0.1) is 5.82 Å². The van der Waals surface area contributed by atoms with Crippen molar-refractivity contribution in [1.29, 1.82) is 0 Å². The summed E-state index contributed by atoms with van der Waals surface area (Å²) in [4.78, 5) is 64.7. The molecule has 0 saturated heterocycles. The standard InChI is InChI=1S/C28H34FN5O7/c1-34-15-17-41-23-5-3-2-4-20(23)26(37)33-21(11-13-25(36)32-22(28(34)39)10-12-24(30)35)27(38)31-14-16-40-19-8-6-18(29)7-9-19/h2-9,21-22H,10-17H2,1H3,(H2,30,35)(H,31,38)(H,32,36)(H,33,37)/t21-,22-/m0/s1. The molecule has 3 rings (SSSR count). The Morgan fingerprint density at radius 3 is 2.59 bits per heavy atom. The Labute approximate surface area is 236 Å².